The van der Waals surface area contributed by atoms with Gasteiger partial charge in [-0.3, -0.25) is 9.59 Å². The molecule has 0 spiro atoms. The first-order valence-electron chi connectivity index (χ1n) is 8.11. The van der Waals surface area contributed by atoms with E-state index in [2.05, 4.69) is 15.3 Å². The number of carbonyl (C=O) groups is 2. The maximum absolute atomic E-state index is 12.8. The van der Waals surface area contributed by atoms with Gasteiger partial charge in [-0.15, -0.1) is 0 Å². The molecule has 2 aliphatic rings. The lowest BCUT2D eigenvalue weighted by Gasteiger charge is -2.36. The van der Waals surface area contributed by atoms with Crippen LogP contribution in [-0.2, 0) is 11.2 Å². The summed E-state index contributed by atoms with van der Waals surface area (Å²) in [5.41, 5.74) is 1.82. The summed E-state index contributed by atoms with van der Waals surface area (Å²) in [5.74, 6) is 0.232. The van der Waals surface area contributed by atoms with Crippen LogP contribution in [0, 0.1) is 0 Å². The SMILES string of the molecule is O=C(c1ccco1)N1CCN(C(=O)[C@H]2NCCc3[nH]cnc32)CC1. The van der Waals surface area contributed by atoms with E-state index < -0.39 is 6.04 Å². The van der Waals surface area contributed by atoms with Crippen LogP contribution >= 0.6 is 0 Å². The number of carbonyl (C=O) groups excluding carboxylic acids is 2. The van der Waals surface area contributed by atoms with Gasteiger partial charge in [0.25, 0.3) is 5.91 Å². The molecule has 1 atom stereocenters. The van der Waals surface area contributed by atoms with Crippen LogP contribution < -0.4 is 5.32 Å². The third kappa shape index (κ3) is 2.58. The normalized spacial score (nSPS) is 20.8. The number of aromatic nitrogens is 2. The number of imidazole rings is 1. The Morgan fingerprint density at radius 2 is 2.00 bits per heavy atom. The van der Waals surface area contributed by atoms with E-state index in [1.54, 1.807) is 28.3 Å². The zero-order chi connectivity index (χ0) is 16.5. The van der Waals surface area contributed by atoms with E-state index >= 15 is 0 Å². The van der Waals surface area contributed by atoms with Gasteiger partial charge in [0.15, 0.2) is 5.76 Å². The number of nitrogens with one attached hydrogen (secondary N) is 2. The first kappa shape index (κ1) is 14.9. The fourth-order valence-corrected chi connectivity index (χ4v) is 3.29. The number of nitrogens with zero attached hydrogens (tertiary/aromatic N) is 3. The van der Waals surface area contributed by atoms with E-state index in [4.69, 9.17) is 4.42 Å². The topological polar surface area (TPSA) is 94.5 Å². The van der Waals surface area contributed by atoms with Gasteiger partial charge >= 0.3 is 0 Å². The molecule has 4 rings (SSSR count). The summed E-state index contributed by atoms with van der Waals surface area (Å²) in [5, 5.41) is 3.25. The van der Waals surface area contributed by atoms with Crippen LogP contribution in [0.4, 0.5) is 0 Å². The van der Waals surface area contributed by atoms with E-state index in [-0.39, 0.29) is 11.8 Å². The van der Waals surface area contributed by atoms with Crippen molar-refractivity contribution in [3.63, 3.8) is 0 Å². The van der Waals surface area contributed by atoms with Gasteiger partial charge in [0.05, 0.1) is 18.3 Å². The Morgan fingerprint density at radius 3 is 2.75 bits per heavy atom. The van der Waals surface area contributed by atoms with E-state index in [0.29, 0.717) is 31.9 Å². The predicted octanol–water partition coefficient (Wildman–Crippen LogP) is 0.174. The van der Waals surface area contributed by atoms with Crippen molar-refractivity contribution in [3.8, 4) is 0 Å². The molecule has 0 unspecified atom stereocenters. The average molecular weight is 329 g/mol. The van der Waals surface area contributed by atoms with Crippen molar-refractivity contribution in [1.82, 2.24) is 25.1 Å². The highest BCUT2D eigenvalue weighted by Gasteiger charge is 2.34. The molecule has 2 aliphatic heterocycles. The van der Waals surface area contributed by atoms with Crippen molar-refractivity contribution in [2.75, 3.05) is 32.7 Å². The summed E-state index contributed by atoms with van der Waals surface area (Å²) in [6.45, 7) is 2.80. The number of piperazine rings is 1. The summed E-state index contributed by atoms with van der Waals surface area (Å²) < 4.78 is 5.15. The molecule has 126 valence electrons. The molecular weight excluding hydrogens is 310 g/mol. The molecule has 1 saturated heterocycles. The number of furan rings is 1. The number of amides is 2. The number of H-pyrrole nitrogens is 1. The molecule has 24 heavy (non-hydrogen) atoms. The summed E-state index contributed by atoms with van der Waals surface area (Å²) >= 11 is 0. The van der Waals surface area contributed by atoms with Crippen LogP contribution in [-0.4, -0.2) is 64.3 Å². The van der Waals surface area contributed by atoms with Gasteiger partial charge in [-0.2, -0.15) is 0 Å². The highest BCUT2D eigenvalue weighted by Crippen LogP contribution is 2.22. The van der Waals surface area contributed by atoms with Crippen LogP contribution in [0.5, 0.6) is 0 Å². The first-order chi connectivity index (χ1) is 11.7. The molecule has 8 heteroatoms. The maximum Gasteiger partial charge on any atom is 0.289 e. The third-order valence-electron chi connectivity index (χ3n) is 4.61. The second kappa shape index (κ2) is 6.12. The van der Waals surface area contributed by atoms with E-state index in [9.17, 15) is 9.59 Å². The second-order valence-electron chi connectivity index (χ2n) is 6.00. The average Bonchev–Trinajstić information content (AvgIpc) is 3.31. The van der Waals surface area contributed by atoms with Gasteiger partial charge in [-0.25, -0.2) is 4.98 Å². The molecule has 0 bridgehead atoms. The van der Waals surface area contributed by atoms with Gasteiger partial charge in [-0.05, 0) is 12.1 Å². The number of rotatable bonds is 2. The Hall–Kier alpha value is -2.61. The van der Waals surface area contributed by atoms with Crippen LogP contribution in [0.15, 0.2) is 29.1 Å². The van der Waals surface area contributed by atoms with Crippen molar-refractivity contribution >= 4 is 11.8 Å². The van der Waals surface area contributed by atoms with Gasteiger partial charge in [0, 0.05) is 44.8 Å². The van der Waals surface area contributed by atoms with Crippen molar-refractivity contribution in [2.24, 2.45) is 0 Å². The minimum atomic E-state index is -0.396. The van der Waals surface area contributed by atoms with Crippen molar-refractivity contribution in [3.05, 3.63) is 41.9 Å². The van der Waals surface area contributed by atoms with Gasteiger partial charge < -0.3 is 24.5 Å². The van der Waals surface area contributed by atoms with Gasteiger partial charge in [0.1, 0.15) is 6.04 Å². The summed E-state index contributed by atoms with van der Waals surface area (Å²) in [6, 6.07) is 2.96. The largest absolute Gasteiger partial charge is 0.459 e. The highest BCUT2D eigenvalue weighted by atomic mass is 16.3. The van der Waals surface area contributed by atoms with Gasteiger partial charge in [0.2, 0.25) is 5.91 Å². The molecule has 0 saturated carbocycles. The minimum Gasteiger partial charge on any atom is -0.459 e. The first-order valence-corrected chi connectivity index (χ1v) is 8.11. The molecule has 8 nitrogen and oxygen atoms in total. The molecule has 4 heterocycles. The lowest BCUT2D eigenvalue weighted by molar-refractivity contribution is -0.135. The Morgan fingerprint density at radius 1 is 1.21 bits per heavy atom. The van der Waals surface area contributed by atoms with Crippen LogP contribution in [0.25, 0.3) is 0 Å². The van der Waals surface area contributed by atoms with Crippen molar-refractivity contribution in [1.29, 1.82) is 0 Å². The molecule has 1 fully saturated rings. The Labute approximate surface area is 138 Å². The molecule has 2 N–H and O–H groups in total. The zero-order valence-corrected chi connectivity index (χ0v) is 13.2. The Balaban J connectivity index is 1.40. The smallest absolute Gasteiger partial charge is 0.289 e. The predicted molar refractivity (Wildman–Crippen MR) is 84.2 cm³/mol. The van der Waals surface area contributed by atoms with E-state index in [1.807, 2.05) is 0 Å². The summed E-state index contributed by atoms with van der Waals surface area (Å²) in [7, 11) is 0. The number of fused-ring (bicyclic) bond motifs is 1. The molecule has 0 radical (unpaired) electrons. The van der Waals surface area contributed by atoms with E-state index in [0.717, 1.165) is 24.4 Å². The minimum absolute atomic E-state index is 0.0214. The standard InChI is InChI=1S/C16H19N5O3/c22-15(12-2-1-9-24-12)20-5-7-21(8-6-20)16(23)14-13-11(3-4-17-14)18-10-19-13/h1-2,9-10,14,17H,3-8H2,(H,18,19)/t14-/m0/s1. The summed E-state index contributed by atoms with van der Waals surface area (Å²) in [6.07, 6.45) is 3.98. The fourth-order valence-electron chi connectivity index (χ4n) is 3.29. The summed E-state index contributed by atoms with van der Waals surface area (Å²) in [4.78, 5) is 36.0. The lowest BCUT2D eigenvalue weighted by Crippen LogP contribution is -2.53. The van der Waals surface area contributed by atoms with Gasteiger partial charge in [-0.1, -0.05) is 0 Å². The highest BCUT2D eigenvalue weighted by molar-refractivity contribution is 5.91. The zero-order valence-electron chi connectivity index (χ0n) is 13.2. The van der Waals surface area contributed by atoms with Crippen molar-refractivity contribution in [2.45, 2.75) is 12.5 Å². The lowest BCUT2D eigenvalue weighted by atomic mass is 10.0. The Bertz CT molecular complexity index is 731. The van der Waals surface area contributed by atoms with Crippen LogP contribution in [0.3, 0.4) is 0 Å². The fraction of sp³-hybridized carbons (Fsp3) is 0.438. The molecular formula is C16H19N5O3. The van der Waals surface area contributed by atoms with Crippen LogP contribution in [0.1, 0.15) is 28.0 Å². The Kier molecular flexibility index (Phi) is 3.81. The third-order valence-corrected chi connectivity index (χ3v) is 4.61. The maximum atomic E-state index is 12.8. The second-order valence-corrected chi connectivity index (χ2v) is 6.00. The van der Waals surface area contributed by atoms with Crippen molar-refractivity contribution < 1.29 is 14.0 Å². The van der Waals surface area contributed by atoms with E-state index in [1.165, 1.54) is 6.26 Å². The molecule has 0 aromatic carbocycles. The molecule has 2 amide bonds. The number of hydrogen-bond acceptors (Lipinski definition) is 5. The molecule has 0 aliphatic carbocycles. The van der Waals surface area contributed by atoms with Crippen LogP contribution in [0.2, 0.25) is 0 Å². The number of aromatic amines is 1. The quantitative estimate of drug-likeness (QED) is 0.819. The monoisotopic (exact) mass is 329 g/mol. The molecule has 2 aromatic rings. The molecule has 2 aromatic heterocycles. The number of hydrogen-bond donors (Lipinski definition) is 2.